The van der Waals surface area contributed by atoms with Gasteiger partial charge in [0.1, 0.15) is 0 Å². The van der Waals surface area contributed by atoms with Crippen molar-refractivity contribution < 1.29 is 14.6 Å². The van der Waals surface area contributed by atoms with Crippen LogP contribution in [0.25, 0.3) is 0 Å². The minimum atomic E-state index is -1.03. The Labute approximate surface area is 98.6 Å². The number of ether oxygens (including phenoxy) is 1. The van der Waals surface area contributed by atoms with Crippen LogP contribution in [-0.2, 0) is 10.3 Å². The molecule has 0 amide bonds. The first-order valence-electron chi connectivity index (χ1n) is 5.57. The van der Waals surface area contributed by atoms with Crippen LogP contribution in [0.4, 0.5) is 0 Å². The van der Waals surface area contributed by atoms with E-state index in [1.54, 1.807) is 0 Å². The maximum atomic E-state index is 11.8. The molecule has 5 nitrogen and oxygen atoms in total. The van der Waals surface area contributed by atoms with Gasteiger partial charge in [-0.15, -0.1) is 0 Å². The maximum Gasteiger partial charge on any atom is 0.337 e. The van der Waals surface area contributed by atoms with Crippen molar-refractivity contribution in [3.8, 4) is 0 Å². The Morgan fingerprint density at radius 2 is 2.29 bits per heavy atom. The number of carboxylic acids is 1. The number of carboxylic acid groups (broad SMARTS) is 1. The Morgan fingerprint density at radius 1 is 1.53 bits per heavy atom. The van der Waals surface area contributed by atoms with Crippen LogP contribution < -0.4 is 5.56 Å². The summed E-state index contributed by atoms with van der Waals surface area (Å²) in [7, 11) is 0. The van der Waals surface area contributed by atoms with Gasteiger partial charge >= 0.3 is 5.97 Å². The van der Waals surface area contributed by atoms with Gasteiger partial charge in [-0.05, 0) is 25.8 Å². The summed E-state index contributed by atoms with van der Waals surface area (Å²) in [6, 6.07) is 2.62. The van der Waals surface area contributed by atoms with Gasteiger partial charge in [0.2, 0.25) is 0 Å². The van der Waals surface area contributed by atoms with Crippen molar-refractivity contribution >= 4 is 5.97 Å². The van der Waals surface area contributed by atoms with Crippen molar-refractivity contribution in [2.24, 2.45) is 0 Å². The summed E-state index contributed by atoms with van der Waals surface area (Å²) in [5, 5.41) is 8.94. The lowest BCUT2D eigenvalue weighted by atomic mass is 9.94. The third kappa shape index (κ3) is 2.24. The van der Waals surface area contributed by atoms with Gasteiger partial charge in [-0.25, -0.2) is 4.79 Å². The molecule has 1 aromatic rings. The van der Waals surface area contributed by atoms with Crippen molar-refractivity contribution in [1.29, 1.82) is 0 Å². The zero-order valence-electron chi connectivity index (χ0n) is 9.68. The molecule has 1 fully saturated rings. The molecule has 0 saturated carbocycles. The first-order chi connectivity index (χ1) is 8.03. The third-order valence-corrected chi connectivity index (χ3v) is 3.16. The quantitative estimate of drug-likeness (QED) is 0.835. The highest BCUT2D eigenvalue weighted by atomic mass is 16.5. The van der Waals surface area contributed by atoms with Gasteiger partial charge in [0.15, 0.2) is 0 Å². The summed E-state index contributed by atoms with van der Waals surface area (Å²) in [5.74, 6) is -1.03. The van der Waals surface area contributed by atoms with Crippen LogP contribution in [0.3, 0.4) is 0 Å². The van der Waals surface area contributed by atoms with Crippen molar-refractivity contribution in [1.82, 2.24) is 4.57 Å². The first kappa shape index (κ1) is 11.9. The molecule has 0 aromatic carbocycles. The van der Waals surface area contributed by atoms with Gasteiger partial charge in [-0.2, -0.15) is 0 Å². The average molecular weight is 237 g/mol. The molecular weight excluding hydrogens is 222 g/mol. The lowest BCUT2D eigenvalue weighted by Crippen LogP contribution is -2.44. The smallest absolute Gasteiger partial charge is 0.337 e. The van der Waals surface area contributed by atoms with Crippen molar-refractivity contribution in [2.75, 3.05) is 13.2 Å². The van der Waals surface area contributed by atoms with Crippen LogP contribution in [0.15, 0.2) is 23.1 Å². The molecule has 1 aliphatic rings. The zero-order chi connectivity index (χ0) is 12.5. The third-order valence-electron chi connectivity index (χ3n) is 3.16. The van der Waals surface area contributed by atoms with E-state index in [1.165, 1.54) is 22.9 Å². The van der Waals surface area contributed by atoms with Crippen LogP contribution >= 0.6 is 0 Å². The lowest BCUT2D eigenvalue weighted by Gasteiger charge is -2.35. The number of hydrogen-bond donors (Lipinski definition) is 1. The number of rotatable bonds is 2. The van der Waals surface area contributed by atoms with E-state index >= 15 is 0 Å². The number of hydrogen-bond acceptors (Lipinski definition) is 3. The van der Waals surface area contributed by atoms with Crippen molar-refractivity contribution in [2.45, 2.75) is 25.3 Å². The highest BCUT2D eigenvalue weighted by Gasteiger charge is 2.30. The van der Waals surface area contributed by atoms with E-state index < -0.39 is 11.5 Å². The number of nitrogens with zero attached hydrogens (tertiary/aromatic N) is 1. The van der Waals surface area contributed by atoms with E-state index in [4.69, 9.17) is 9.84 Å². The second-order valence-corrected chi connectivity index (χ2v) is 4.58. The molecule has 0 spiro atoms. The van der Waals surface area contributed by atoms with E-state index in [0.29, 0.717) is 13.2 Å². The number of aromatic carboxylic acids is 1. The molecule has 0 bridgehead atoms. The standard InChI is InChI=1S/C12H15NO4/c1-12(5-2-6-17-8-12)13-7-9(11(15)16)3-4-10(13)14/h3-4,7H,2,5-6,8H2,1H3,(H,15,16). The zero-order valence-corrected chi connectivity index (χ0v) is 9.68. The Morgan fingerprint density at radius 3 is 2.88 bits per heavy atom. The Hall–Kier alpha value is -1.62. The van der Waals surface area contributed by atoms with Gasteiger partial charge in [0, 0.05) is 18.9 Å². The molecule has 0 radical (unpaired) electrons. The van der Waals surface area contributed by atoms with E-state index in [0.717, 1.165) is 12.8 Å². The Balaban J connectivity index is 2.46. The molecule has 1 aliphatic heterocycles. The fourth-order valence-corrected chi connectivity index (χ4v) is 2.14. The fourth-order valence-electron chi connectivity index (χ4n) is 2.14. The van der Waals surface area contributed by atoms with Crippen molar-refractivity contribution in [3.05, 3.63) is 34.2 Å². The molecular formula is C12H15NO4. The molecule has 1 atom stereocenters. The van der Waals surface area contributed by atoms with E-state index in [9.17, 15) is 9.59 Å². The Kier molecular flexibility index (Phi) is 3.02. The summed E-state index contributed by atoms with van der Waals surface area (Å²) < 4.78 is 6.87. The monoisotopic (exact) mass is 237 g/mol. The highest BCUT2D eigenvalue weighted by Crippen LogP contribution is 2.25. The molecule has 17 heavy (non-hydrogen) atoms. The van der Waals surface area contributed by atoms with Gasteiger partial charge < -0.3 is 14.4 Å². The van der Waals surface area contributed by atoms with E-state index in [1.807, 2.05) is 6.92 Å². The molecule has 1 N–H and O–H groups in total. The minimum Gasteiger partial charge on any atom is -0.478 e. The largest absolute Gasteiger partial charge is 0.478 e. The normalized spacial score (nSPS) is 24.5. The van der Waals surface area contributed by atoms with Crippen molar-refractivity contribution in [3.63, 3.8) is 0 Å². The summed E-state index contributed by atoms with van der Waals surface area (Å²) in [5.41, 5.74) is -0.514. The summed E-state index contributed by atoms with van der Waals surface area (Å²) in [6.07, 6.45) is 3.09. The molecule has 5 heteroatoms. The SMILES string of the molecule is CC1(n2cc(C(=O)O)ccc2=O)CCCOC1. The topological polar surface area (TPSA) is 68.5 Å². The highest BCUT2D eigenvalue weighted by molar-refractivity contribution is 5.87. The lowest BCUT2D eigenvalue weighted by molar-refractivity contribution is 0.00765. The molecule has 0 aliphatic carbocycles. The van der Waals surface area contributed by atoms with Gasteiger partial charge in [-0.1, -0.05) is 0 Å². The molecule has 1 aromatic heterocycles. The maximum absolute atomic E-state index is 11.8. The van der Waals surface area contributed by atoms with Crippen LogP contribution in [0, 0.1) is 0 Å². The van der Waals surface area contributed by atoms with Crippen LogP contribution in [0.2, 0.25) is 0 Å². The minimum absolute atomic E-state index is 0.122. The van der Waals surface area contributed by atoms with Crippen LogP contribution in [0.1, 0.15) is 30.1 Å². The van der Waals surface area contributed by atoms with Gasteiger partial charge in [0.25, 0.3) is 5.56 Å². The van der Waals surface area contributed by atoms with E-state index in [2.05, 4.69) is 0 Å². The molecule has 1 saturated heterocycles. The van der Waals surface area contributed by atoms with Gasteiger partial charge in [-0.3, -0.25) is 4.79 Å². The predicted octanol–water partition coefficient (Wildman–Crippen LogP) is 1.07. The van der Waals surface area contributed by atoms with E-state index in [-0.39, 0.29) is 11.1 Å². The molecule has 2 heterocycles. The van der Waals surface area contributed by atoms with Gasteiger partial charge in [0.05, 0.1) is 17.7 Å². The molecule has 1 unspecified atom stereocenters. The summed E-state index contributed by atoms with van der Waals surface area (Å²) in [4.78, 5) is 22.7. The fraction of sp³-hybridized carbons (Fsp3) is 0.500. The number of pyridine rings is 1. The van der Waals surface area contributed by atoms with Crippen LogP contribution in [0.5, 0.6) is 0 Å². The van der Waals surface area contributed by atoms with Crippen LogP contribution in [-0.4, -0.2) is 28.9 Å². The second kappa shape index (κ2) is 4.33. The predicted molar refractivity (Wildman–Crippen MR) is 61.4 cm³/mol. The molecule has 2 rings (SSSR count). The molecule has 92 valence electrons. The Bertz CT molecular complexity index is 486. The number of aromatic nitrogens is 1. The average Bonchev–Trinajstić information content (AvgIpc) is 2.30. The second-order valence-electron chi connectivity index (χ2n) is 4.58. The summed E-state index contributed by atoms with van der Waals surface area (Å²) >= 11 is 0. The number of carbonyl (C=O) groups is 1. The first-order valence-corrected chi connectivity index (χ1v) is 5.57. The summed E-state index contributed by atoms with van der Waals surface area (Å²) in [6.45, 7) is 3.05.